The molecule has 0 aliphatic rings. The van der Waals surface area contributed by atoms with E-state index in [1.807, 2.05) is 30.3 Å². The lowest BCUT2D eigenvalue weighted by Gasteiger charge is -2.09. The smallest absolute Gasteiger partial charge is 0.234 e. The summed E-state index contributed by atoms with van der Waals surface area (Å²) >= 11 is 4.80. The molecule has 3 aromatic heterocycles. The lowest BCUT2D eigenvalue weighted by molar-refractivity contribution is -0.113. The molecule has 6 rings (SSSR count). The molecular weight excluding hydrogens is 531 g/mol. The second kappa shape index (κ2) is 10.7. The molecule has 0 fully saturated rings. The van der Waals surface area contributed by atoms with E-state index in [2.05, 4.69) is 75.7 Å². The number of thiazole rings is 1. The number of thioether (sulfide) groups is 1. The molecule has 38 heavy (non-hydrogen) atoms. The van der Waals surface area contributed by atoms with E-state index in [4.69, 9.17) is 4.98 Å². The van der Waals surface area contributed by atoms with Crippen LogP contribution in [0.15, 0.2) is 77.3 Å². The third-order valence-electron chi connectivity index (χ3n) is 6.18. The van der Waals surface area contributed by atoms with Crippen LogP contribution in [-0.2, 0) is 11.3 Å². The predicted octanol–water partition coefficient (Wildman–Crippen LogP) is 7.89. The number of benzene rings is 3. The Hall–Kier alpha value is -3.53. The minimum atomic E-state index is -0.0770. The Morgan fingerprint density at radius 2 is 1.87 bits per heavy atom. The Kier molecular flexibility index (Phi) is 6.97. The van der Waals surface area contributed by atoms with Crippen molar-refractivity contribution in [3.05, 3.63) is 77.7 Å². The van der Waals surface area contributed by atoms with Gasteiger partial charge in [0, 0.05) is 38.8 Å². The van der Waals surface area contributed by atoms with Crippen molar-refractivity contribution in [3.8, 4) is 22.0 Å². The van der Waals surface area contributed by atoms with Gasteiger partial charge in [-0.2, -0.15) is 0 Å². The summed E-state index contributed by atoms with van der Waals surface area (Å²) in [5, 5.41) is 17.0. The second-order valence-corrected chi connectivity index (χ2v) is 11.9. The molecule has 1 N–H and O–H groups in total. The van der Waals surface area contributed by atoms with Crippen molar-refractivity contribution in [1.82, 2.24) is 19.7 Å². The van der Waals surface area contributed by atoms with Crippen LogP contribution in [0, 0.1) is 6.92 Å². The van der Waals surface area contributed by atoms with Gasteiger partial charge in [-0.25, -0.2) is 4.98 Å². The summed E-state index contributed by atoms with van der Waals surface area (Å²) in [6.07, 6.45) is 0.952. The monoisotopic (exact) mass is 555 g/mol. The van der Waals surface area contributed by atoms with E-state index in [1.165, 1.54) is 32.1 Å². The van der Waals surface area contributed by atoms with Crippen LogP contribution in [0.3, 0.4) is 0 Å². The number of hydrogen-bond donors (Lipinski definition) is 1. The third-order valence-corrected chi connectivity index (χ3v) is 9.18. The number of nitrogens with one attached hydrogen (secondary N) is 1. The third kappa shape index (κ3) is 4.97. The molecule has 0 aliphatic heterocycles. The van der Waals surface area contributed by atoms with Crippen molar-refractivity contribution >= 4 is 66.3 Å². The SMILES string of the molecule is CCCn1c(SCC(=O)Nc2ccc(-c3nc4ccc(C)cc4s3)cc2)nnc1-c1csc2ccccc12. The minimum Gasteiger partial charge on any atom is -0.325 e. The van der Waals surface area contributed by atoms with Gasteiger partial charge in [0.15, 0.2) is 11.0 Å². The summed E-state index contributed by atoms with van der Waals surface area (Å²) in [6, 6.07) is 22.5. The average molecular weight is 556 g/mol. The van der Waals surface area contributed by atoms with Gasteiger partial charge in [0.25, 0.3) is 0 Å². The predicted molar refractivity (Wildman–Crippen MR) is 160 cm³/mol. The fraction of sp³-hybridized carbons (Fsp3) is 0.172. The maximum atomic E-state index is 12.8. The zero-order valence-corrected chi connectivity index (χ0v) is 23.4. The first-order valence-corrected chi connectivity index (χ1v) is 15.1. The molecule has 0 saturated carbocycles. The van der Waals surface area contributed by atoms with E-state index in [9.17, 15) is 4.79 Å². The lowest BCUT2D eigenvalue weighted by Crippen LogP contribution is -2.14. The van der Waals surface area contributed by atoms with Gasteiger partial charge in [-0.15, -0.1) is 32.9 Å². The number of amides is 1. The molecule has 190 valence electrons. The van der Waals surface area contributed by atoms with Crippen molar-refractivity contribution < 1.29 is 4.79 Å². The topological polar surface area (TPSA) is 72.7 Å². The molecule has 6 aromatic rings. The summed E-state index contributed by atoms with van der Waals surface area (Å²) in [5.41, 5.74) is 5.13. The molecule has 0 unspecified atom stereocenters. The summed E-state index contributed by atoms with van der Waals surface area (Å²) in [4.78, 5) is 17.5. The minimum absolute atomic E-state index is 0.0770. The molecule has 6 nitrogen and oxygen atoms in total. The van der Waals surface area contributed by atoms with E-state index in [0.29, 0.717) is 0 Å². The van der Waals surface area contributed by atoms with Gasteiger partial charge in [0.05, 0.1) is 16.0 Å². The van der Waals surface area contributed by atoms with Crippen molar-refractivity contribution in [3.63, 3.8) is 0 Å². The largest absolute Gasteiger partial charge is 0.325 e. The standard InChI is InChI=1S/C29H25N5OS3/c1-3-14-34-27(22-16-36-24-7-5-4-6-21(22)24)32-33-29(34)37-17-26(35)30-20-11-9-19(10-12-20)28-31-23-13-8-18(2)15-25(23)38-28/h4-13,15-16H,3,14,17H2,1-2H3,(H,30,35). The van der Waals surface area contributed by atoms with E-state index < -0.39 is 0 Å². The van der Waals surface area contributed by atoms with Crippen LogP contribution in [0.1, 0.15) is 18.9 Å². The Morgan fingerprint density at radius 3 is 2.71 bits per heavy atom. The van der Waals surface area contributed by atoms with Gasteiger partial charge < -0.3 is 9.88 Å². The number of fused-ring (bicyclic) bond motifs is 2. The number of carbonyl (C=O) groups is 1. The first-order chi connectivity index (χ1) is 18.6. The first kappa shape index (κ1) is 24.8. The lowest BCUT2D eigenvalue weighted by atomic mass is 10.1. The Bertz CT molecular complexity index is 1750. The Balaban J connectivity index is 1.13. The quantitative estimate of drug-likeness (QED) is 0.193. The number of aromatic nitrogens is 4. The Labute approximate surface area is 232 Å². The highest BCUT2D eigenvalue weighted by Gasteiger charge is 2.18. The summed E-state index contributed by atoms with van der Waals surface area (Å²) in [6.45, 7) is 5.02. The molecule has 0 saturated heterocycles. The van der Waals surface area contributed by atoms with Gasteiger partial charge in [-0.3, -0.25) is 4.79 Å². The number of aryl methyl sites for hydroxylation is 1. The van der Waals surface area contributed by atoms with Gasteiger partial charge in [0.1, 0.15) is 5.01 Å². The van der Waals surface area contributed by atoms with Gasteiger partial charge in [-0.1, -0.05) is 43.0 Å². The summed E-state index contributed by atoms with van der Waals surface area (Å²) in [5.74, 6) is 1.03. The molecule has 3 heterocycles. The van der Waals surface area contributed by atoms with E-state index in [1.54, 1.807) is 22.7 Å². The van der Waals surface area contributed by atoms with Crippen molar-refractivity contribution in [2.45, 2.75) is 32.0 Å². The summed E-state index contributed by atoms with van der Waals surface area (Å²) in [7, 11) is 0. The van der Waals surface area contributed by atoms with Crippen molar-refractivity contribution in [2.24, 2.45) is 0 Å². The molecule has 0 atom stereocenters. The van der Waals surface area contributed by atoms with Crippen LogP contribution < -0.4 is 5.32 Å². The second-order valence-electron chi connectivity index (χ2n) is 9.01. The molecule has 9 heteroatoms. The van der Waals surface area contributed by atoms with Crippen LogP contribution in [0.5, 0.6) is 0 Å². The molecular formula is C29H25N5OS3. The van der Waals surface area contributed by atoms with Crippen LogP contribution in [0.4, 0.5) is 5.69 Å². The maximum absolute atomic E-state index is 12.8. The fourth-order valence-electron chi connectivity index (χ4n) is 4.35. The average Bonchev–Trinajstić information content (AvgIpc) is 3.64. The zero-order valence-electron chi connectivity index (χ0n) is 21.0. The van der Waals surface area contributed by atoms with Gasteiger partial charge >= 0.3 is 0 Å². The highest BCUT2D eigenvalue weighted by atomic mass is 32.2. The van der Waals surface area contributed by atoms with Gasteiger partial charge in [-0.05, 0) is 61.4 Å². The molecule has 0 spiro atoms. The van der Waals surface area contributed by atoms with Gasteiger partial charge in [0.2, 0.25) is 5.91 Å². The fourth-order valence-corrected chi connectivity index (χ4v) is 7.12. The number of hydrogen-bond acceptors (Lipinski definition) is 7. The first-order valence-electron chi connectivity index (χ1n) is 12.4. The van der Waals surface area contributed by atoms with Crippen molar-refractivity contribution in [1.29, 1.82) is 0 Å². The molecule has 1 amide bonds. The van der Waals surface area contributed by atoms with Crippen LogP contribution in [-0.4, -0.2) is 31.4 Å². The zero-order chi connectivity index (χ0) is 26.1. The van der Waals surface area contributed by atoms with E-state index in [0.717, 1.165) is 51.3 Å². The number of rotatable bonds is 8. The highest BCUT2D eigenvalue weighted by Crippen LogP contribution is 2.35. The molecule has 0 aliphatic carbocycles. The molecule has 0 radical (unpaired) electrons. The van der Waals surface area contributed by atoms with Crippen LogP contribution >= 0.6 is 34.4 Å². The van der Waals surface area contributed by atoms with Crippen LogP contribution in [0.2, 0.25) is 0 Å². The number of thiophene rings is 1. The molecule has 0 bridgehead atoms. The summed E-state index contributed by atoms with van der Waals surface area (Å²) < 4.78 is 4.54. The number of anilines is 1. The van der Waals surface area contributed by atoms with E-state index in [-0.39, 0.29) is 11.7 Å². The maximum Gasteiger partial charge on any atom is 0.234 e. The number of nitrogens with zero attached hydrogens (tertiary/aromatic N) is 4. The molecule has 3 aromatic carbocycles. The van der Waals surface area contributed by atoms with Crippen LogP contribution in [0.25, 0.3) is 42.3 Å². The highest BCUT2D eigenvalue weighted by molar-refractivity contribution is 7.99. The van der Waals surface area contributed by atoms with E-state index >= 15 is 0 Å². The Morgan fingerprint density at radius 1 is 1.03 bits per heavy atom. The van der Waals surface area contributed by atoms with Crippen molar-refractivity contribution in [2.75, 3.05) is 11.1 Å². The normalized spacial score (nSPS) is 11.4. The number of carbonyl (C=O) groups excluding carboxylic acids is 1.